The van der Waals surface area contributed by atoms with Crippen molar-refractivity contribution in [3.63, 3.8) is 0 Å². The minimum Gasteiger partial charge on any atom is -0.424 e. The van der Waals surface area contributed by atoms with Crippen LogP contribution in [0.4, 0.5) is 5.69 Å². The standard InChI is InChI=1S/C14H14N4O2/c15-6-9-7-16-14(17-8-9)20-11-2-3-12-10(5-11)1-4-13(19)18-12/h2-3,5,7-8H,1,4,6,15H2,(H,18,19). The average Bonchev–Trinajstić information content (AvgIpc) is 2.48. The van der Waals surface area contributed by atoms with E-state index in [1.807, 2.05) is 12.1 Å². The summed E-state index contributed by atoms with van der Waals surface area (Å²) >= 11 is 0. The average molecular weight is 270 g/mol. The van der Waals surface area contributed by atoms with Gasteiger partial charge in [-0.05, 0) is 30.2 Å². The fourth-order valence-electron chi connectivity index (χ4n) is 2.03. The van der Waals surface area contributed by atoms with E-state index in [2.05, 4.69) is 15.3 Å². The molecule has 0 fully saturated rings. The molecule has 0 radical (unpaired) electrons. The van der Waals surface area contributed by atoms with Crippen LogP contribution < -0.4 is 15.8 Å². The van der Waals surface area contributed by atoms with Crippen molar-refractivity contribution in [1.29, 1.82) is 0 Å². The molecular weight excluding hydrogens is 256 g/mol. The molecule has 0 unspecified atom stereocenters. The van der Waals surface area contributed by atoms with Crippen molar-refractivity contribution in [3.8, 4) is 11.8 Å². The van der Waals surface area contributed by atoms with Crippen molar-refractivity contribution in [2.24, 2.45) is 5.73 Å². The highest BCUT2D eigenvalue weighted by molar-refractivity contribution is 5.93. The number of ether oxygens (including phenoxy) is 1. The van der Waals surface area contributed by atoms with Gasteiger partial charge in [0.15, 0.2) is 0 Å². The number of nitrogens with zero attached hydrogens (tertiary/aromatic N) is 2. The van der Waals surface area contributed by atoms with Crippen molar-refractivity contribution in [2.45, 2.75) is 19.4 Å². The van der Waals surface area contributed by atoms with Crippen LogP contribution in [-0.2, 0) is 17.8 Å². The number of fused-ring (bicyclic) bond motifs is 1. The summed E-state index contributed by atoms with van der Waals surface area (Å²) in [6.45, 7) is 0.402. The van der Waals surface area contributed by atoms with E-state index in [0.717, 1.165) is 16.8 Å². The van der Waals surface area contributed by atoms with Gasteiger partial charge in [-0.15, -0.1) is 0 Å². The van der Waals surface area contributed by atoms with Crippen LogP contribution in [-0.4, -0.2) is 15.9 Å². The van der Waals surface area contributed by atoms with Gasteiger partial charge in [0.25, 0.3) is 0 Å². The van der Waals surface area contributed by atoms with Gasteiger partial charge < -0.3 is 15.8 Å². The van der Waals surface area contributed by atoms with Gasteiger partial charge in [-0.1, -0.05) is 0 Å². The number of benzene rings is 1. The lowest BCUT2D eigenvalue weighted by atomic mass is 10.0. The fourth-order valence-corrected chi connectivity index (χ4v) is 2.03. The van der Waals surface area contributed by atoms with E-state index in [4.69, 9.17) is 10.5 Å². The minimum absolute atomic E-state index is 0.0480. The molecule has 0 aliphatic carbocycles. The number of aryl methyl sites for hydroxylation is 1. The number of anilines is 1. The van der Waals surface area contributed by atoms with Crippen molar-refractivity contribution in [3.05, 3.63) is 41.7 Å². The molecule has 2 heterocycles. The molecule has 3 N–H and O–H groups in total. The third-order valence-electron chi connectivity index (χ3n) is 3.10. The zero-order valence-electron chi connectivity index (χ0n) is 10.8. The van der Waals surface area contributed by atoms with Gasteiger partial charge in [0.2, 0.25) is 5.91 Å². The first-order valence-electron chi connectivity index (χ1n) is 6.36. The van der Waals surface area contributed by atoms with Gasteiger partial charge in [0.1, 0.15) is 5.75 Å². The third kappa shape index (κ3) is 2.60. The van der Waals surface area contributed by atoms with Crippen LogP contribution in [0.1, 0.15) is 17.5 Å². The normalized spacial score (nSPS) is 13.6. The molecule has 0 atom stereocenters. The Balaban J connectivity index is 1.79. The lowest BCUT2D eigenvalue weighted by Crippen LogP contribution is -2.18. The number of rotatable bonds is 3. The molecule has 1 aromatic heterocycles. The Morgan fingerprint density at radius 2 is 2.05 bits per heavy atom. The summed E-state index contributed by atoms with van der Waals surface area (Å²) in [6, 6.07) is 5.79. The number of carbonyl (C=O) groups is 1. The molecule has 6 nitrogen and oxygen atoms in total. The van der Waals surface area contributed by atoms with E-state index in [1.54, 1.807) is 18.5 Å². The molecule has 1 aromatic carbocycles. The highest BCUT2D eigenvalue weighted by Gasteiger charge is 2.15. The first kappa shape index (κ1) is 12.6. The second kappa shape index (κ2) is 5.26. The molecule has 0 saturated heterocycles. The lowest BCUT2D eigenvalue weighted by Gasteiger charge is -2.17. The number of carbonyl (C=O) groups excluding carboxylic acids is 1. The van der Waals surface area contributed by atoms with Crippen molar-refractivity contribution >= 4 is 11.6 Å². The van der Waals surface area contributed by atoms with Crippen molar-refractivity contribution in [2.75, 3.05) is 5.32 Å². The topological polar surface area (TPSA) is 90.1 Å². The summed E-state index contributed by atoms with van der Waals surface area (Å²) in [5.74, 6) is 0.701. The van der Waals surface area contributed by atoms with E-state index in [-0.39, 0.29) is 11.9 Å². The number of nitrogens with one attached hydrogen (secondary N) is 1. The van der Waals surface area contributed by atoms with E-state index in [0.29, 0.717) is 25.1 Å². The van der Waals surface area contributed by atoms with Gasteiger partial charge in [-0.3, -0.25) is 4.79 Å². The molecule has 2 aromatic rings. The van der Waals surface area contributed by atoms with Crippen LogP contribution in [0.15, 0.2) is 30.6 Å². The van der Waals surface area contributed by atoms with E-state index in [1.165, 1.54) is 0 Å². The van der Waals surface area contributed by atoms with Crippen LogP contribution in [0.2, 0.25) is 0 Å². The molecule has 20 heavy (non-hydrogen) atoms. The summed E-state index contributed by atoms with van der Waals surface area (Å²) in [6.07, 6.45) is 4.49. The Morgan fingerprint density at radius 1 is 1.25 bits per heavy atom. The van der Waals surface area contributed by atoms with Gasteiger partial charge in [0.05, 0.1) is 0 Å². The van der Waals surface area contributed by atoms with Crippen LogP contribution in [0.5, 0.6) is 11.8 Å². The maximum absolute atomic E-state index is 11.3. The molecule has 1 aliphatic heterocycles. The summed E-state index contributed by atoms with van der Waals surface area (Å²) in [4.78, 5) is 19.5. The summed E-state index contributed by atoms with van der Waals surface area (Å²) in [5, 5.41) is 2.83. The first-order chi connectivity index (χ1) is 9.74. The smallest absolute Gasteiger partial charge is 0.321 e. The maximum Gasteiger partial charge on any atom is 0.321 e. The van der Waals surface area contributed by atoms with Crippen LogP contribution in [0, 0.1) is 0 Å². The second-order valence-corrected chi connectivity index (χ2v) is 4.55. The van der Waals surface area contributed by atoms with Gasteiger partial charge in [-0.2, -0.15) is 0 Å². The molecule has 102 valence electrons. The summed E-state index contributed by atoms with van der Waals surface area (Å²) in [7, 11) is 0. The Labute approximate surface area is 116 Å². The SMILES string of the molecule is NCc1cnc(Oc2ccc3c(c2)CCC(=O)N3)nc1. The number of amides is 1. The molecule has 6 heteroatoms. The first-order valence-corrected chi connectivity index (χ1v) is 6.36. The van der Waals surface area contributed by atoms with E-state index < -0.39 is 0 Å². The number of hydrogen-bond acceptors (Lipinski definition) is 5. The molecule has 1 aliphatic rings. The van der Waals surface area contributed by atoms with Gasteiger partial charge >= 0.3 is 6.01 Å². The predicted molar refractivity (Wildman–Crippen MR) is 73.4 cm³/mol. The second-order valence-electron chi connectivity index (χ2n) is 4.55. The lowest BCUT2D eigenvalue weighted by molar-refractivity contribution is -0.116. The highest BCUT2D eigenvalue weighted by Crippen LogP contribution is 2.28. The highest BCUT2D eigenvalue weighted by atomic mass is 16.5. The largest absolute Gasteiger partial charge is 0.424 e. The van der Waals surface area contributed by atoms with Crippen LogP contribution in [0.3, 0.4) is 0 Å². The maximum atomic E-state index is 11.3. The predicted octanol–water partition coefficient (Wildman–Crippen LogP) is 1.61. The van der Waals surface area contributed by atoms with Crippen LogP contribution >= 0.6 is 0 Å². The minimum atomic E-state index is 0.0480. The Morgan fingerprint density at radius 3 is 2.80 bits per heavy atom. The zero-order valence-corrected chi connectivity index (χ0v) is 10.8. The van der Waals surface area contributed by atoms with Crippen molar-refractivity contribution in [1.82, 2.24) is 9.97 Å². The fraction of sp³-hybridized carbons (Fsp3) is 0.214. The molecular formula is C14H14N4O2. The number of nitrogens with two attached hydrogens (primary N) is 1. The number of aromatic nitrogens is 2. The zero-order chi connectivity index (χ0) is 13.9. The molecule has 1 amide bonds. The monoisotopic (exact) mass is 270 g/mol. The Kier molecular flexibility index (Phi) is 3.30. The van der Waals surface area contributed by atoms with Gasteiger partial charge in [-0.25, -0.2) is 9.97 Å². The molecule has 0 spiro atoms. The molecule has 0 bridgehead atoms. The Bertz CT molecular complexity index is 640. The quantitative estimate of drug-likeness (QED) is 0.884. The van der Waals surface area contributed by atoms with Crippen LogP contribution in [0.25, 0.3) is 0 Å². The summed E-state index contributed by atoms with van der Waals surface area (Å²) in [5.41, 5.74) is 8.23. The third-order valence-corrected chi connectivity index (χ3v) is 3.10. The van der Waals surface area contributed by atoms with E-state index >= 15 is 0 Å². The van der Waals surface area contributed by atoms with Gasteiger partial charge in [0, 0.05) is 36.6 Å². The molecule has 0 saturated carbocycles. The molecule has 3 rings (SSSR count). The number of hydrogen-bond donors (Lipinski definition) is 2. The van der Waals surface area contributed by atoms with E-state index in [9.17, 15) is 4.79 Å². The summed E-state index contributed by atoms with van der Waals surface area (Å²) < 4.78 is 5.60. The Hall–Kier alpha value is -2.47. The van der Waals surface area contributed by atoms with Crippen molar-refractivity contribution < 1.29 is 9.53 Å².